The molecule has 0 aliphatic carbocycles. The van der Waals surface area contributed by atoms with E-state index < -0.39 is 6.04 Å². The zero-order chi connectivity index (χ0) is 23.0. The summed E-state index contributed by atoms with van der Waals surface area (Å²) in [6.45, 7) is 2.43. The van der Waals surface area contributed by atoms with Crippen molar-refractivity contribution in [2.75, 3.05) is 5.32 Å². The zero-order valence-electron chi connectivity index (χ0n) is 18.3. The van der Waals surface area contributed by atoms with Crippen molar-refractivity contribution in [1.29, 1.82) is 0 Å². The SMILES string of the molecule is Cc1cc(-c2cc(Cl)cc(NC(=O)[C@H](Cc3ccccc3)NCc3ccccn3)c2)ccn1. The predicted octanol–water partition coefficient (Wildman–Crippen LogP) is 5.45. The van der Waals surface area contributed by atoms with Gasteiger partial charge in [-0.05, 0) is 72.5 Å². The first-order valence-electron chi connectivity index (χ1n) is 10.8. The molecule has 1 amide bonds. The monoisotopic (exact) mass is 456 g/mol. The highest BCUT2D eigenvalue weighted by atomic mass is 35.5. The number of aryl methyl sites for hydroxylation is 1. The van der Waals surface area contributed by atoms with Gasteiger partial charge >= 0.3 is 0 Å². The Kier molecular flexibility index (Phi) is 7.45. The van der Waals surface area contributed by atoms with Crippen molar-refractivity contribution >= 4 is 23.2 Å². The quantitative estimate of drug-likeness (QED) is 0.370. The third kappa shape index (κ3) is 6.48. The number of nitrogens with zero attached hydrogens (tertiary/aromatic N) is 2. The highest BCUT2D eigenvalue weighted by Gasteiger charge is 2.19. The highest BCUT2D eigenvalue weighted by Crippen LogP contribution is 2.27. The molecule has 5 nitrogen and oxygen atoms in total. The molecule has 2 N–H and O–H groups in total. The third-order valence-electron chi connectivity index (χ3n) is 5.25. The van der Waals surface area contributed by atoms with Crippen LogP contribution in [-0.4, -0.2) is 21.9 Å². The summed E-state index contributed by atoms with van der Waals surface area (Å²) < 4.78 is 0. The van der Waals surface area contributed by atoms with Crippen LogP contribution in [0.25, 0.3) is 11.1 Å². The maximum atomic E-state index is 13.3. The van der Waals surface area contributed by atoms with Crippen LogP contribution in [0, 0.1) is 6.92 Å². The lowest BCUT2D eigenvalue weighted by atomic mass is 10.0. The van der Waals surface area contributed by atoms with Gasteiger partial charge in [0.15, 0.2) is 0 Å². The molecule has 6 heteroatoms. The summed E-state index contributed by atoms with van der Waals surface area (Å²) in [5.41, 5.74) is 5.43. The van der Waals surface area contributed by atoms with E-state index in [0.717, 1.165) is 28.1 Å². The van der Waals surface area contributed by atoms with Crippen LogP contribution >= 0.6 is 11.6 Å². The van der Waals surface area contributed by atoms with E-state index in [0.29, 0.717) is 23.7 Å². The Morgan fingerprint density at radius 3 is 2.48 bits per heavy atom. The molecule has 166 valence electrons. The number of amides is 1. The number of aromatic nitrogens is 2. The van der Waals surface area contributed by atoms with Gasteiger partial charge in [-0.3, -0.25) is 20.1 Å². The number of carbonyl (C=O) groups is 1. The Morgan fingerprint density at radius 2 is 1.73 bits per heavy atom. The number of hydrogen-bond donors (Lipinski definition) is 2. The fourth-order valence-electron chi connectivity index (χ4n) is 3.62. The molecule has 0 radical (unpaired) electrons. The lowest BCUT2D eigenvalue weighted by Gasteiger charge is -2.19. The highest BCUT2D eigenvalue weighted by molar-refractivity contribution is 6.31. The van der Waals surface area contributed by atoms with Crippen molar-refractivity contribution in [2.24, 2.45) is 0 Å². The lowest BCUT2D eigenvalue weighted by Crippen LogP contribution is -2.42. The second-order valence-corrected chi connectivity index (χ2v) is 8.28. The van der Waals surface area contributed by atoms with Gasteiger partial charge in [0, 0.05) is 35.3 Å². The van der Waals surface area contributed by atoms with Crippen LogP contribution in [0.5, 0.6) is 0 Å². The minimum Gasteiger partial charge on any atom is -0.325 e. The van der Waals surface area contributed by atoms with Gasteiger partial charge in [0.25, 0.3) is 0 Å². The van der Waals surface area contributed by atoms with Crippen molar-refractivity contribution in [3.8, 4) is 11.1 Å². The summed E-state index contributed by atoms with van der Waals surface area (Å²) in [6.07, 6.45) is 4.06. The fraction of sp³-hybridized carbons (Fsp3) is 0.148. The fourth-order valence-corrected chi connectivity index (χ4v) is 3.86. The molecule has 33 heavy (non-hydrogen) atoms. The molecule has 0 spiro atoms. The largest absolute Gasteiger partial charge is 0.325 e. The lowest BCUT2D eigenvalue weighted by molar-refractivity contribution is -0.118. The average Bonchev–Trinajstić information content (AvgIpc) is 2.82. The molecular weight excluding hydrogens is 432 g/mol. The molecule has 0 aliphatic heterocycles. The molecule has 2 aromatic heterocycles. The molecule has 0 bridgehead atoms. The molecule has 2 aromatic carbocycles. The van der Waals surface area contributed by atoms with Crippen LogP contribution in [0.15, 0.2) is 91.3 Å². The van der Waals surface area contributed by atoms with Gasteiger partial charge in [-0.1, -0.05) is 48.0 Å². The smallest absolute Gasteiger partial charge is 0.241 e. The van der Waals surface area contributed by atoms with E-state index in [1.165, 1.54) is 0 Å². The van der Waals surface area contributed by atoms with Crippen LogP contribution in [0.1, 0.15) is 17.0 Å². The van der Waals surface area contributed by atoms with Gasteiger partial charge in [0.05, 0.1) is 11.7 Å². The zero-order valence-corrected chi connectivity index (χ0v) is 19.1. The molecule has 1 atom stereocenters. The van der Waals surface area contributed by atoms with E-state index in [1.54, 1.807) is 18.5 Å². The van der Waals surface area contributed by atoms with Crippen LogP contribution in [0.4, 0.5) is 5.69 Å². The summed E-state index contributed by atoms with van der Waals surface area (Å²) in [6, 6.07) is 24.7. The third-order valence-corrected chi connectivity index (χ3v) is 5.47. The maximum absolute atomic E-state index is 13.3. The van der Waals surface area contributed by atoms with E-state index in [2.05, 4.69) is 20.6 Å². The van der Waals surface area contributed by atoms with Crippen LogP contribution in [0.2, 0.25) is 5.02 Å². The van der Waals surface area contributed by atoms with Crippen molar-refractivity contribution in [1.82, 2.24) is 15.3 Å². The number of halogens is 1. The standard InChI is InChI=1S/C27H25ClN4O/c1-19-13-21(10-12-29-19)22-15-23(28)17-25(16-22)32-27(33)26(14-20-7-3-2-4-8-20)31-18-24-9-5-6-11-30-24/h2-13,15-17,26,31H,14,18H2,1H3,(H,32,33)/t26-/m0/s1. The molecule has 4 rings (SSSR count). The minimum absolute atomic E-state index is 0.131. The van der Waals surface area contributed by atoms with E-state index in [-0.39, 0.29) is 5.91 Å². The average molecular weight is 457 g/mol. The van der Waals surface area contributed by atoms with Crippen molar-refractivity contribution in [3.63, 3.8) is 0 Å². The van der Waals surface area contributed by atoms with Crippen LogP contribution < -0.4 is 10.6 Å². The Bertz CT molecular complexity index is 1220. The summed E-state index contributed by atoms with van der Waals surface area (Å²) in [5, 5.41) is 6.95. The number of anilines is 1. The Hall–Kier alpha value is -3.54. The molecule has 0 unspecified atom stereocenters. The molecule has 4 aromatic rings. The number of hydrogen-bond acceptors (Lipinski definition) is 4. The van der Waals surface area contributed by atoms with E-state index in [4.69, 9.17) is 11.6 Å². The first-order chi connectivity index (χ1) is 16.1. The summed E-state index contributed by atoms with van der Waals surface area (Å²) in [4.78, 5) is 21.9. The van der Waals surface area contributed by atoms with Crippen molar-refractivity contribution in [2.45, 2.75) is 25.9 Å². The summed E-state index contributed by atoms with van der Waals surface area (Å²) >= 11 is 6.38. The van der Waals surface area contributed by atoms with Gasteiger partial charge < -0.3 is 5.32 Å². The van der Waals surface area contributed by atoms with Gasteiger partial charge in [0.2, 0.25) is 5.91 Å². The van der Waals surface area contributed by atoms with Gasteiger partial charge in [0.1, 0.15) is 0 Å². The Balaban J connectivity index is 1.54. The number of benzene rings is 2. The Morgan fingerprint density at radius 1 is 0.909 bits per heavy atom. The molecule has 2 heterocycles. The summed E-state index contributed by atoms with van der Waals surface area (Å²) in [7, 11) is 0. The van der Waals surface area contributed by atoms with E-state index >= 15 is 0 Å². The Labute approximate surface area is 198 Å². The first-order valence-corrected chi connectivity index (χ1v) is 11.2. The molecule has 0 fully saturated rings. The second kappa shape index (κ2) is 10.9. The minimum atomic E-state index is -0.444. The molecular formula is C27H25ClN4O. The maximum Gasteiger partial charge on any atom is 0.241 e. The summed E-state index contributed by atoms with van der Waals surface area (Å²) in [5.74, 6) is -0.131. The van der Waals surface area contributed by atoms with Crippen molar-refractivity contribution in [3.05, 3.63) is 113 Å². The predicted molar refractivity (Wildman–Crippen MR) is 133 cm³/mol. The number of rotatable bonds is 8. The van der Waals surface area contributed by atoms with E-state index in [9.17, 15) is 4.79 Å². The van der Waals surface area contributed by atoms with Crippen LogP contribution in [-0.2, 0) is 17.8 Å². The van der Waals surface area contributed by atoms with Crippen LogP contribution in [0.3, 0.4) is 0 Å². The van der Waals surface area contributed by atoms with Gasteiger partial charge in [-0.15, -0.1) is 0 Å². The second-order valence-electron chi connectivity index (χ2n) is 7.85. The number of carbonyl (C=O) groups excluding carboxylic acids is 1. The first kappa shape index (κ1) is 22.6. The molecule has 0 saturated carbocycles. The van der Waals surface area contributed by atoms with Gasteiger partial charge in [-0.25, -0.2) is 0 Å². The molecule has 0 saturated heterocycles. The number of nitrogens with one attached hydrogen (secondary N) is 2. The van der Waals surface area contributed by atoms with E-state index in [1.807, 2.05) is 79.7 Å². The number of pyridine rings is 2. The van der Waals surface area contributed by atoms with Crippen molar-refractivity contribution < 1.29 is 4.79 Å². The molecule has 0 aliphatic rings. The van der Waals surface area contributed by atoms with Gasteiger partial charge in [-0.2, -0.15) is 0 Å². The topological polar surface area (TPSA) is 66.9 Å². The normalized spacial score (nSPS) is 11.7.